The summed E-state index contributed by atoms with van der Waals surface area (Å²) in [5, 5.41) is 10.8. The van der Waals surface area contributed by atoms with Crippen LogP contribution in [-0.4, -0.2) is 44.1 Å². The van der Waals surface area contributed by atoms with E-state index in [4.69, 9.17) is 13.9 Å². The third-order valence-electron chi connectivity index (χ3n) is 4.15. The van der Waals surface area contributed by atoms with E-state index in [0.29, 0.717) is 5.75 Å². The molecule has 0 amide bonds. The van der Waals surface area contributed by atoms with Crippen LogP contribution in [0.1, 0.15) is 20.8 Å². The quantitative estimate of drug-likeness (QED) is 0.0907. The van der Waals surface area contributed by atoms with Gasteiger partial charge in [0.05, 0.1) is 4.92 Å². The molecule has 0 saturated carbocycles. The molecule has 152 valence electrons. The number of hydrogen-bond donors (Lipinski definition) is 0. The van der Waals surface area contributed by atoms with Crippen LogP contribution >= 0.6 is 21.6 Å². The lowest BCUT2D eigenvalue weighted by Gasteiger charge is -2.36. The highest BCUT2D eigenvalue weighted by molar-refractivity contribution is 8.76. The van der Waals surface area contributed by atoms with Crippen LogP contribution in [-0.2, 0) is 9.16 Å². The zero-order chi connectivity index (χ0) is 20.5. The van der Waals surface area contributed by atoms with E-state index in [1.807, 2.05) is 0 Å². The van der Waals surface area contributed by atoms with Crippen molar-refractivity contribution in [2.45, 2.75) is 38.9 Å². The lowest BCUT2D eigenvalue weighted by atomic mass is 10.2. The van der Waals surface area contributed by atoms with Gasteiger partial charge in [0.1, 0.15) is 12.4 Å². The zero-order valence-electron chi connectivity index (χ0n) is 16.4. The van der Waals surface area contributed by atoms with Gasteiger partial charge in [0, 0.05) is 30.2 Å². The molecule has 1 aromatic carbocycles. The predicted octanol–water partition coefficient (Wildman–Crippen LogP) is 5.51. The monoisotopic (exact) mass is 433 g/mol. The maximum absolute atomic E-state index is 11.6. The standard InChI is InChI=1S/C17H27NO6S2Si/c1-17(2,3)27(4,5)23-11-13-26-25-12-10-22-16(19)24-15-8-6-14(7-9-15)18(20)21/h6-9H,10-13H2,1-5H3. The van der Waals surface area contributed by atoms with Gasteiger partial charge in [-0.05, 0) is 30.3 Å². The third-order valence-corrected chi connectivity index (χ3v) is 11.0. The molecule has 0 heterocycles. The largest absolute Gasteiger partial charge is 0.513 e. The zero-order valence-corrected chi connectivity index (χ0v) is 19.0. The average Bonchev–Trinajstić information content (AvgIpc) is 2.56. The van der Waals surface area contributed by atoms with E-state index in [-0.39, 0.29) is 23.1 Å². The van der Waals surface area contributed by atoms with Gasteiger partial charge in [-0.3, -0.25) is 10.1 Å². The van der Waals surface area contributed by atoms with Crippen molar-refractivity contribution >= 4 is 41.7 Å². The van der Waals surface area contributed by atoms with Gasteiger partial charge in [0.15, 0.2) is 8.32 Å². The molecular weight excluding hydrogens is 406 g/mol. The maximum atomic E-state index is 11.6. The predicted molar refractivity (Wildman–Crippen MR) is 113 cm³/mol. The number of carbonyl (C=O) groups excluding carboxylic acids is 1. The van der Waals surface area contributed by atoms with Crippen molar-refractivity contribution in [2.24, 2.45) is 0 Å². The second-order valence-corrected chi connectivity index (χ2v) is 14.7. The fraction of sp³-hybridized carbons (Fsp3) is 0.588. The molecular formula is C17H27NO6S2Si. The van der Waals surface area contributed by atoms with Crippen LogP contribution in [0.15, 0.2) is 24.3 Å². The van der Waals surface area contributed by atoms with Gasteiger partial charge in [-0.15, -0.1) is 0 Å². The van der Waals surface area contributed by atoms with Crippen molar-refractivity contribution in [1.82, 2.24) is 0 Å². The van der Waals surface area contributed by atoms with E-state index < -0.39 is 19.4 Å². The highest BCUT2D eigenvalue weighted by Crippen LogP contribution is 2.36. The molecule has 0 N–H and O–H groups in total. The van der Waals surface area contributed by atoms with Crippen molar-refractivity contribution in [1.29, 1.82) is 0 Å². The van der Waals surface area contributed by atoms with E-state index in [9.17, 15) is 14.9 Å². The van der Waals surface area contributed by atoms with Crippen molar-refractivity contribution in [3.05, 3.63) is 34.4 Å². The lowest BCUT2D eigenvalue weighted by molar-refractivity contribution is -0.384. The molecule has 27 heavy (non-hydrogen) atoms. The minimum atomic E-state index is -1.69. The van der Waals surface area contributed by atoms with Crippen LogP contribution in [0.3, 0.4) is 0 Å². The Morgan fingerprint density at radius 2 is 1.67 bits per heavy atom. The summed E-state index contributed by atoms with van der Waals surface area (Å²) >= 11 is 0. The Balaban J connectivity index is 2.11. The second-order valence-electron chi connectivity index (χ2n) is 7.20. The van der Waals surface area contributed by atoms with Gasteiger partial charge in [-0.1, -0.05) is 42.4 Å². The summed E-state index contributed by atoms with van der Waals surface area (Å²) in [6.07, 6.45) is -0.823. The summed E-state index contributed by atoms with van der Waals surface area (Å²) in [6, 6.07) is 5.24. The SMILES string of the molecule is CC(C)(C)[Si](C)(C)OCCSSCCOC(=O)Oc1ccc([N+](=O)[O-])cc1. The molecule has 0 aliphatic carbocycles. The van der Waals surface area contributed by atoms with Crippen molar-refractivity contribution < 1.29 is 23.6 Å². The van der Waals surface area contributed by atoms with Crippen molar-refractivity contribution in [3.8, 4) is 5.75 Å². The van der Waals surface area contributed by atoms with Crippen LogP contribution in [0.5, 0.6) is 5.75 Å². The Bertz CT molecular complexity index is 619. The lowest BCUT2D eigenvalue weighted by Crippen LogP contribution is -2.41. The Kier molecular flexibility index (Phi) is 9.64. The molecule has 0 unspecified atom stereocenters. The number of nitro groups is 1. The van der Waals surface area contributed by atoms with Gasteiger partial charge >= 0.3 is 6.16 Å². The van der Waals surface area contributed by atoms with Crippen LogP contribution in [0.4, 0.5) is 10.5 Å². The molecule has 0 saturated heterocycles. The molecule has 7 nitrogen and oxygen atoms in total. The smallest absolute Gasteiger partial charge is 0.433 e. The summed E-state index contributed by atoms with van der Waals surface area (Å²) in [5.74, 6) is 1.72. The molecule has 0 fully saturated rings. The first-order valence-electron chi connectivity index (χ1n) is 8.50. The third kappa shape index (κ3) is 9.00. The number of benzene rings is 1. The van der Waals surface area contributed by atoms with E-state index in [1.54, 1.807) is 21.6 Å². The highest BCUT2D eigenvalue weighted by Gasteiger charge is 2.36. The number of nitro benzene ring substituents is 1. The number of rotatable bonds is 10. The van der Waals surface area contributed by atoms with Gasteiger partial charge in [0.25, 0.3) is 5.69 Å². The molecule has 0 spiro atoms. The van der Waals surface area contributed by atoms with Gasteiger partial charge in [-0.25, -0.2) is 4.79 Å². The van der Waals surface area contributed by atoms with Crippen molar-refractivity contribution in [2.75, 3.05) is 24.7 Å². The second kappa shape index (κ2) is 10.9. The molecule has 10 heteroatoms. The van der Waals surface area contributed by atoms with Crippen LogP contribution in [0, 0.1) is 10.1 Å². The van der Waals surface area contributed by atoms with Crippen LogP contribution in [0.25, 0.3) is 0 Å². The first-order valence-corrected chi connectivity index (χ1v) is 13.9. The number of non-ortho nitro benzene ring substituents is 1. The molecule has 0 aliphatic rings. The topological polar surface area (TPSA) is 87.9 Å². The Morgan fingerprint density at radius 3 is 2.19 bits per heavy atom. The van der Waals surface area contributed by atoms with Gasteiger partial charge in [0.2, 0.25) is 0 Å². The summed E-state index contributed by atoms with van der Waals surface area (Å²) in [6.45, 7) is 12.1. The summed E-state index contributed by atoms with van der Waals surface area (Å²) in [5.41, 5.74) is -0.0679. The van der Waals surface area contributed by atoms with Crippen LogP contribution < -0.4 is 4.74 Å². The van der Waals surface area contributed by atoms with E-state index in [2.05, 4.69) is 33.9 Å². The molecule has 1 rings (SSSR count). The fourth-order valence-corrected chi connectivity index (χ4v) is 4.43. The first-order chi connectivity index (χ1) is 12.5. The van der Waals surface area contributed by atoms with E-state index in [0.717, 1.165) is 12.4 Å². The number of carbonyl (C=O) groups is 1. The van der Waals surface area contributed by atoms with Crippen molar-refractivity contribution in [3.63, 3.8) is 0 Å². The van der Waals surface area contributed by atoms with Crippen LogP contribution in [0.2, 0.25) is 18.1 Å². The minimum absolute atomic E-state index is 0.0679. The average molecular weight is 434 g/mol. The molecule has 0 aliphatic heterocycles. The maximum Gasteiger partial charge on any atom is 0.513 e. The number of ether oxygens (including phenoxy) is 2. The molecule has 0 bridgehead atoms. The molecule has 0 aromatic heterocycles. The van der Waals surface area contributed by atoms with Gasteiger partial charge < -0.3 is 13.9 Å². The molecule has 1 aromatic rings. The fourth-order valence-electron chi connectivity index (χ4n) is 1.59. The first kappa shape index (κ1) is 23.8. The number of nitrogens with zero attached hydrogens (tertiary/aromatic N) is 1. The number of hydrogen-bond acceptors (Lipinski definition) is 8. The normalized spacial score (nSPS) is 11.9. The Labute approximate surface area is 169 Å². The summed E-state index contributed by atoms with van der Waals surface area (Å²) < 4.78 is 16.0. The highest BCUT2D eigenvalue weighted by atomic mass is 33.1. The van der Waals surface area contributed by atoms with E-state index in [1.165, 1.54) is 24.3 Å². The van der Waals surface area contributed by atoms with E-state index >= 15 is 0 Å². The Hall–Kier alpha value is -1.23. The Morgan fingerprint density at radius 1 is 1.11 bits per heavy atom. The summed E-state index contributed by atoms with van der Waals surface area (Å²) in [4.78, 5) is 21.6. The molecule has 0 atom stereocenters. The summed E-state index contributed by atoms with van der Waals surface area (Å²) in [7, 11) is 1.60. The van der Waals surface area contributed by atoms with Gasteiger partial charge in [-0.2, -0.15) is 0 Å². The molecule has 0 radical (unpaired) electrons. The minimum Gasteiger partial charge on any atom is -0.433 e.